The molecule has 1 unspecified atom stereocenters. The van der Waals surface area contributed by atoms with Crippen molar-refractivity contribution in [2.45, 2.75) is 57.0 Å². The molecule has 1 aliphatic carbocycles. The summed E-state index contributed by atoms with van der Waals surface area (Å²) in [6.07, 6.45) is 11.6. The van der Waals surface area contributed by atoms with E-state index in [1.165, 1.54) is 44.1 Å². The lowest BCUT2D eigenvalue weighted by molar-refractivity contribution is 0.0804. The largest absolute Gasteiger partial charge is 0.472 e. The van der Waals surface area contributed by atoms with Crippen LogP contribution in [0.25, 0.3) is 0 Å². The first-order chi connectivity index (χ1) is 9.20. The molecule has 1 fully saturated rings. The third kappa shape index (κ3) is 3.03. The standard InChI is InChI=1S/C16H28N2O/c1-4-17-15(14-9-12-19-13-14)16(18(2)3)10-7-5-6-8-11-16/h9,12-13,15,17H,4-8,10-11H2,1-3H3. The van der Waals surface area contributed by atoms with Crippen molar-refractivity contribution in [2.24, 2.45) is 0 Å². The summed E-state index contributed by atoms with van der Waals surface area (Å²) in [6.45, 7) is 3.18. The van der Waals surface area contributed by atoms with Gasteiger partial charge >= 0.3 is 0 Å². The van der Waals surface area contributed by atoms with Crippen LogP contribution in [0.1, 0.15) is 57.1 Å². The van der Waals surface area contributed by atoms with E-state index < -0.39 is 0 Å². The van der Waals surface area contributed by atoms with Gasteiger partial charge in [-0.3, -0.25) is 0 Å². The van der Waals surface area contributed by atoms with Crippen LogP contribution in [0.5, 0.6) is 0 Å². The smallest absolute Gasteiger partial charge is 0.0951 e. The first-order valence-corrected chi connectivity index (χ1v) is 7.63. The number of nitrogens with one attached hydrogen (secondary N) is 1. The van der Waals surface area contributed by atoms with Gasteiger partial charge in [-0.15, -0.1) is 0 Å². The van der Waals surface area contributed by atoms with Gasteiger partial charge in [0.15, 0.2) is 0 Å². The van der Waals surface area contributed by atoms with E-state index in [0.29, 0.717) is 6.04 Å². The molecule has 3 heteroatoms. The van der Waals surface area contributed by atoms with Gasteiger partial charge in [0.2, 0.25) is 0 Å². The fourth-order valence-electron chi connectivity index (χ4n) is 3.60. The number of likely N-dealkylation sites (N-methyl/N-ethyl adjacent to an activating group) is 2. The van der Waals surface area contributed by atoms with Gasteiger partial charge in [-0.1, -0.05) is 32.6 Å². The molecular formula is C16H28N2O. The number of nitrogens with zero attached hydrogens (tertiary/aromatic N) is 1. The quantitative estimate of drug-likeness (QED) is 0.824. The van der Waals surface area contributed by atoms with Gasteiger partial charge in [0.25, 0.3) is 0 Å². The zero-order valence-electron chi connectivity index (χ0n) is 12.6. The van der Waals surface area contributed by atoms with Crippen molar-refractivity contribution in [2.75, 3.05) is 20.6 Å². The summed E-state index contributed by atoms with van der Waals surface area (Å²) >= 11 is 0. The number of rotatable bonds is 5. The van der Waals surface area contributed by atoms with Crippen molar-refractivity contribution < 1.29 is 4.42 Å². The Labute approximate surface area is 117 Å². The highest BCUT2D eigenvalue weighted by molar-refractivity contribution is 5.19. The first kappa shape index (κ1) is 14.6. The Morgan fingerprint density at radius 3 is 2.42 bits per heavy atom. The van der Waals surface area contributed by atoms with Gasteiger partial charge in [-0.05, 0) is 39.5 Å². The zero-order chi connectivity index (χ0) is 13.7. The van der Waals surface area contributed by atoms with Gasteiger partial charge in [-0.25, -0.2) is 0 Å². The maximum atomic E-state index is 5.33. The second kappa shape index (κ2) is 6.58. The minimum atomic E-state index is 0.219. The van der Waals surface area contributed by atoms with E-state index in [2.05, 4.69) is 37.3 Å². The van der Waals surface area contributed by atoms with E-state index in [4.69, 9.17) is 4.42 Å². The fourth-order valence-corrected chi connectivity index (χ4v) is 3.60. The Balaban J connectivity index is 2.32. The Bertz CT molecular complexity index is 351. The molecule has 0 saturated heterocycles. The summed E-state index contributed by atoms with van der Waals surface area (Å²) in [5.41, 5.74) is 1.51. The molecule has 0 aliphatic heterocycles. The molecule has 3 nitrogen and oxygen atoms in total. The molecular weight excluding hydrogens is 236 g/mol. The zero-order valence-corrected chi connectivity index (χ0v) is 12.6. The van der Waals surface area contributed by atoms with Crippen molar-refractivity contribution >= 4 is 0 Å². The number of hydrogen-bond acceptors (Lipinski definition) is 3. The lowest BCUT2D eigenvalue weighted by atomic mass is 9.78. The average Bonchev–Trinajstić information content (AvgIpc) is 2.80. The first-order valence-electron chi connectivity index (χ1n) is 7.63. The third-order valence-corrected chi connectivity index (χ3v) is 4.68. The van der Waals surface area contributed by atoms with E-state index in [9.17, 15) is 0 Å². The third-order valence-electron chi connectivity index (χ3n) is 4.68. The maximum absolute atomic E-state index is 5.33. The van der Waals surface area contributed by atoms with Crippen LogP contribution in [-0.4, -0.2) is 31.1 Å². The van der Waals surface area contributed by atoms with Crippen molar-refractivity contribution in [3.63, 3.8) is 0 Å². The van der Waals surface area contributed by atoms with Gasteiger partial charge in [-0.2, -0.15) is 0 Å². The van der Waals surface area contributed by atoms with Crippen LogP contribution in [0, 0.1) is 0 Å². The lowest BCUT2D eigenvalue weighted by Gasteiger charge is -2.46. The fraction of sp³-hybridized carbons (Fsp3) is 0.750. The molecule has 0 spiro atoms. The van der Waals surface area contributed by atoms with Crippen LogP contribution in [0.15, 0.2) is 23.0 Å². The van der Waals surface area contributed by atoms with E-state index in [1.54, 1.807) is 6.26 Å². The predicted molar refractivity (Wildman–Crippen MR) is 79.2 cm³/mol. The maximum Gasteiger partial charge on any atom is 0.0951 e. The Hall–Kier alpha value is -0.800. The molecule has 0 bridgehead atoms. The molecule has 1 saturated carbocycles. The molecule has 108 valence electrons. The molecule has 0 radical (unpaired) electrons. The summed E-state index contributed by atoms with van der Waals surface area (Å²) < 4.78 is 5.33. The predicted octanol–water partition coefficient (Wildman–Crippen LogP) is 3.58. The molecule has 1 aromatic rings. The summed E-state index contributed by atoms with van der Waals surface area (Å²) in [4.78, 5) is 2.44. The molecule has 0 amide bonds. The summed E-state index contributed by atoms with van der Waals surface area (Å²) in [5, 5.41) is 3.70. The van der Waals surface area contributed by atoms with E-state index in [-0.39, 0.29) is 5.54 Å². The van der Waals surface area contributed by atoms with Crippen molar-refractivity contribution in [1.29, 1.82) is 0 Å². The van der Waals surface area contributed by atoms with E-state index in [0.717, 1.165) is 6.54 Å². The van der Waals surface area contributed by atoms with E-state index >= 15 is 0 Å². The monoisotopic (exact) mass is 264 g/mol. The Morgan fingerprint density at radius 2 is 1.95 bits per heavy atom. The minimum absolute atomic E-state index is 0.219. The number of furan rings is 1. The van der Waals surface area contributed by atoms with Crippen LogP contribution in [0.2, 0.25) is 0 Å². The molecule has 1 aliphatic rings. The van der Waals surface area contributed by atoms with Gasteiger partial charge in [0, 0.05) is 11.1 Å². The molecule has 1 heterocycles. The Morgan fingerprint density at radius 1 is 1.26 bits per heavy atom. The van der Waals surface area contributed by atoms with Crippen molar-refractivity contribution in [3.8, 4) is 0 Å². The lowest BCUT2D eigenvalue weighted by Crippen LogP contribution is -2.53. The second-order valence-electron chi connectivity index (χ2n) is 5.96. The average molecular weight is 264 g/mol. The SMILES string of the molecule is CCNC(c1ccoc1)C1(N(C)C)CCCCCC1. The molecule has 1 atom stereocenters. The topological polar surface area (TPSA) is 28.4 Å². The van der Waals surface area contributed by atoms with Gasteiger partial charge < -0.3 is 14.6 Å². The molecule has 19 heavy (non-hydrogen) atoms. The summed E-state index contributed by atoms with van der Waals surface area (Å²) in [7, 11) is 4.46. The highest BCUT2D eigenvalue weighted by atomic mass is 16.3. The van der Waals surface area contributed by atoms with Gasteiger partial charge in [0.1, 0.15) is 0 Å². The van der Waals surface area contributed by atoms with Crippen molar-refractivity contribution in [1.82, 2.24) is 10.2 Å². The molecule has 2 rings (SSSR count). The normalized spacial score (nSPS) is 21.3. The van der Waals surface area contributed by atoms with Gasteiger partial charge in [0.05, 0.1) is 18.6 Å². The van der Waals surface area contributed by atoms with Crippen LogP contribution in [-0.2, 0) is 0 Å². The van der Waals surface area contributed by atoms with Crippen LogP contribution < -0.4 is 5.32 Å². The molecule has 1 N–H and O–H groups in total. The second-order valence-corrected chi connectivity index (χ2v) is 5.96. The molecule has 1 aromatic heterocycles. The minimum Gasteiger partial charge on any atom is -0.472 e. The van der Waals surface area contributed by atoms with Crippen LogP contribution in [0.4, 0.5) is 0 Å². The van der Waals surface area contributed by atoms with Crippen molar-refractivity contribution in [3.05, 3.63) is 24.2 Å². The highest BCUT2D eigenvalue weighted by Gasteiger charge is 2.41. The summed E-state index contributed by atoms with van der Waals surface area (Å²) in [6, 6.07) is 2.48. The number of hydrogen-bond donors (Lipinski definition) is 1. The molecule has 0 aromatic carbocycles. The van der Waals surface area contributed by atoms with E-state index in [1.807, 2.05) is 6.26 Å². The summed E-state index contributed by atoms with van der Waals surface area (Å²) in [5.74, 6) is 0. The van der Waals surface area contributed by atoms with Crippen LogP contribution in [0.3, 0.4) is 0 Å². The highest BCUT2D eigenvalue weighted by Crippen LogP contribution is 2.41. The Kier molecular flexibility index (Phi) is 5.06. The van der Waals surface area contributed by atoms with Crippen LogP contribution >= 0.6 is 0 Å².